The van der Waals surface area contributed by atoms with Gasteiger partial charge in [0.1, 0.15) is 11.5 Å². The number of amidine groups is 1. The summed E-state index contributed by atoms with van der Waals surface area (Å²) in [6, 6.07) is 20.0. The van der Waals surface area contributed by atoms with Crippen LogP contribution in [0.25, 0.3) is 0 Å². The Labute approximate surface area is 179 Å². The predicted molar refractivity (Wildman–Crippen MR) is 124 cm³/mol. The zero-order valence-electron chi connectivity index (χ0n) is 16.2. The van der Waals surface area contributed by atoms with Crippen molar-refractivity contribution < 1.29 is 9.15 Å². The van der Waals surface area contributed by atoms with Gasteiger partial charge in [-0.05, 0) is 41.5 Å². The molecule has 3 rings (SSSR count). The molecule has 7 heteroatoms. The summed E-state index contributed by atoms with van der Waals surface area (Å²) in [5, 5.41) is 8.64. The largest absolute Gasteiger partial charge is 0.496 e. The van der Waals surface area contributed by atoms with Crippen LogP contribution in [0.2, 0.25) is 0 Å². The van der Waals surface area contributed by atoms with E-state index in [0.29, 0.717) is 5.17 Å². The maximum absolute atomic E-state index is 5.94. The predicted octanol–water partition coefficient (Wildman–Crippen LogP) is 5.30. The maximum atomic E-state index is 5.94. The third kappa shape index (κ3) is 7.03. The van der Waals surface area contributed by atoms with E-state index in [9.17, 15) is 0 Å². The highest BCUT2D eigenvalue weighted by Crippen LogP contribution is 2.26. The molecule has 0 amide bonds. The molecule has 0 saturated heterocycles. The number of hydrogen-bond donors (Lipinski definition) is 1. The summed E-state index contributed by atoms with van der Waals surface area (Å²) in [4.78, 5) is 0. The molecule has 0 spiro atoms. The van der Waals surface area contributed by atoms with Crippen LogP contribution in [0.1, 0.15) is 22.5 Å². The fraction of sp³-hybridized carbons (Fsp3) is 0.182. The van der Waals surface area contributed by atoms with E-state index in [2.05, 4.69) is 28.4 Å². The number of furan rings is 1. The van der Waals surface area contributed by atoms with Crippen LogP contribution in [0.5, 0.6) is 5.75 Å². The van der Waals surface area contributed by atoms with Gasteiger partial charge in [0.05, 0.1) is 25.3 Å². The third-order valence-corrected chi connectivity index (χ3v) is 5.84. The molecule has 0 aliphatic carbocycles. The Morgan fingerprint density at radius 3 is 2.69 bits per heavy atom. The minimum Gasteiger partial charge on any atom is -0.496 e. The summed E-state index contributed by atoms with van der Waals surface area (Å²) in [5.41, 5.74) is 9.19. The Hall–Kier alpha value is -2.64. The molecule has 0 aliphatic rings. The molecular weight excluding hydrogens is 402 g/mol. The lowest BCUT2D eigenvalue weighted by Gasteiger charge is -2.08. The highest BCUT2D eigenvalue weighted by atomic mass is 32.2. The summed E-state index contributed by atoms with van der Waals surface area (Å²) < 4.78 is 10.8. The Morgan fingerprint density at radius 1 is 1.07 bits per heavy atom. The molecule has 3 aromatic rings. The summed E-state index contributed by atoms with van der Waals surface area (Å²) in [7, 11) is 1.68. The smallest absolute Gasteiger partial charge is 0.180 e. The number of methoxy groups -OCH3 is 1. The van der Waals surface area contributed by atoms with Crippen LogP contribution in [0.4, 0.5) is 0 Å². The van der Waals surface area contributed by atoms with Crippen LogP contribution in [0.15, 0.2) is 81.5 Å². The normalized spacial score (nSPS) is 11.8. The van der Waals surface area contributed by atoms with Crippen molar-refractivity contribution in [2.75, 3.05) is 7.11 Å². The molecule has 2 aromatic carbocycles. The number of ether oxygens (including phenoxy) is 1. The molecule has 0 radical (unpaired) electrons. The average Bonchev–Trinajstić information content (AvgIpc) is 3.27. The first-order chi connectivity index (χ1) is 14.2. The standard InChI is InChI=1S/C22H23N3O2S2/c1-26-21-10-9-18(12-19(21)15-28-16-20-8-5-11-27-20)13-24-25-22(23)29-14-17-6-3-2-4-7-17/h2-13H,14-16H2,1H3,(H2,23,25). The Morgan fingerprint density at radius 2 is 1.93 bits per heavy atom. The van der Waals surface area contributed by atoms with Crippen LogP contribution in [-0.2, 0) is 17.3 Å². The molecule has 0 aliphatic heterocycles. The first kappa shape index (κ1) is 21.1. The van der Waals surface area contributed by atoms with Crippen molar-refractivity contribution in [3.8, 4) is 5.75 Å². The van der Waals surface area contributed by atoms with Crippen molar-refractivity contribution in [1.82, 2.24) is 0 Å². The van der Waals surface area contributed by atoms with Crippen molar-refractivity contribution in [3.05, 3.63) is 89.4 Å². The summed E-state index contributed by atoms with van der Waals surface area (Å²) in [6.45, 7) is 0. The van der Waals surface area contributed by atoms with Gasteiger partial charge in [-0.2, -0.15) is 5.10 Å². The van der Waals surface area contributed by atoms with E-state index < -0.39 is 0 Å². The fourth-order valence-electron chi connectivity index (χ4n) is 2.56. The van der Waals surface area contributed by atoms with Gasteiger partial charge in [0.2, 0.25) is 0 Å². The lowest BCUT2D eigenvalue weighted by Crippen LogP contribution is -2.06. The van der Waals surface area contributed by atoms with Gasteiger partial charge in [-0.15, -0.1) is 16.9 Å². The van der Waals surface area contributed by atoms with Crippen molar-refractivity contribution in [3.63, 3.8) is 0 Å². The fourth-order valence-corrected chi connectivity index (χ4v) is 4.09. The zero-order chi connectivity index (χ0) is 20.3. The Kier molecular flexibility index (Phi) is 8.27. The average molecular weight is 426 g/mol. The van der Waals surface area contributed by atoms with E-state index >= 15 is 0 Å². The van der Waals surface area contributed by atoms with Crippen LogP contribution in [0.3, 0.4) is 0 Å². The Balaban J connectivity index is 1.56. The molecule has 0 saturated carbocycles. The van der Waals surface area contributed by atoms with E-state index in [1.165, 1.54) is 17.3 Å². The first-order valence-corrected chi connectivity index (χ1v) is 11.2. The first-order valence-electron chi connectivity index (χ1n) is 9.05. The summed E-state index contributed by atoms with van der Waals surface area (Å²) in [6.07, 6.45) is 3.40. The van der Waals surface area contributed by atoms with Crippen molar-refractivity contribution in [1.29, 1.82) is 0 Å². The molecule has 2 N–H and O–H groups in total. The SMILES string of the molecule is COc1ccc(C=NN=C(N)SCc2ccccc2)cc1CSCc1ccco1. The molecule has 1 heterocycles. The van der Waals surface area contributed by atoms with Crippen LogP contribution in [-0.4, -0.2) is 18.5 Å². The van der Waals surface area contributed by atoms with Gasteiger partial charge in [0.25, 0.3) is 0 Å². The zero-order valence-corrected chi connectivity index (χ0v) is 17.8. The van der Waals surface area contributed by atoms with Crippen molar-refractivity contribution in [2.45, 2.75) is 17.3 Å². The molecule has 0 fully saturated rings. The maximum Gasteiger partial charge on any atom is 0.180 e. The van der Waals surface area contributed by atoms with Crippen molar-refractivity contribution in [2.24, 2.45) is 15.9 Å². The van der Waals surface area contributed by atoms with E-state index in [4.69, 9.17) is 14.9 Å². The van der Waals surface area contributed by atoms with E-state index in [1.54, 1.807) is 31.3 Å². The molecule has 0 unspecified atom stereocenters. The number of rotatable bonds is 9. The highest BCUT2D eigenvalue weighted by molar-refractivity contribution is 8.13. The molecule has 0 bridgehead atoms. The molecule has 29 heavy (non-hydrogen) atoms. The second-order valence-electron chi connectivity index (χ2n) is 6.10. The van der Waals surface area contributed by atoms with Gasteiger partial charge >= 0.3 is 0 Å². The van der Waals surface area contributed by atoms with E-state index in [-0.39, 0.29) is 0 Å². The molecule has 1 aromatic heterocycles. The van der Waals surface area contributed by atoms with Gasteiger partial charge in [0.15, 0.2) is 5.17 Å². The van der Waals surface area contributed by atoms with Gasteiger partial charge < -0.3 is 14.9 Å². The number of benzene rings is 2. The second kappa shape index (κ2) is 11.4. The molecule has 0 atom stereocenters. The van der Waals surface area contributed by atoms with Gasteiger partial charge in [-0.1, -0.05) is 42.1 Å². The van der Waals surface area contributed by atoms with Crippen LogP contribution < -0.4 is 10.5 Å². The number of nitrogens with two attached hydrogens (primary N) is 1. The highest BCUT2D eigenvalue weighted by Gasteiger charge is 2.05. The van der Waals surface area contributed by atoms with Crippen molar-refractivity contribution >= 4 is 34.9 Å². The number of nitrogens with zero attached hydrogens (tertiary/aromatic N) is 2. The monoisotopic (exact) mass is 425 g/mol. The minimum absolute atomic E-state index is 0.438. The van der Waals surface area contributed by atoms with Crippen LogP contribution >= 0.6 is 23.5 Å². The van der Waals surface area contributed by atoms with Gasteiger partial charge in [0, 0.05) is 17.1 Å². The minimum atomic E-state index is 0.438. The lowest BCUT2D eigenvalue weighted by atomic mass is 10.1. The molecule has 150 valence electrons. The second-order valence-corrected chi connectivity index (χ2v) is 8.08. The molecule has 5 nitrogen and oxygen atoms in total. The summed E-state index contributed by atoms with van der Waals surface area (Å²) >= 11 is 3.23. The number of hydrogen-bond acceptors (Lipinski definition) is 6. The Bertz CT molecular complexity index is 942. The van der Waals surface area contributed by atoms with Gasteiger partial charge in [-0.25, -0.2) is 0 Å². The topological polar surface area (TPSA) is 73.1 Å². The molecular formula is C22H23N3O2S2. The lowest BCUT2D eigenvalue weighted by molar-refractivity contribution is 0.411. The third-order valence-electron chi connectivity index (χ3n) is 3.98. The quantitative estimate of drug-likeness (QED) is 0.286. The van der Waals surface area contributed by atoms with E-state index in [0.717, 1.165) is 39.9 Å². The van der Waals surface area contributed by atoms with Gasteiger partial charge in [-0.3, -0.25) is 0 Å². The summed E-state index contributed by atoms with van der Waals surface area (Å²) in [5.74, 6) is 4.21. The van der Waals surface area contributed by atoms with Crippen LogP contribution in [0, 0.1) is 0 Å². The number of thioether (sulfide) groups is 2. The van der Waals surface area contributed by atoms with E-state index in [1.807, 2.05) is 42.5 Å².